The number of nitrogens with zero attached hydrogens (tertiary/aromatic N) is 2. The largest absolute Gasteiger partial charge is 0.508 e. The van der Waals surface area contributed by atoms with Crippen LogP contribution >= 0.6 is 0 Å². The molecule has 2 aromatic carbocycles. The Balaban J connectivity index is 1.95. The number of phenols is 1. The Morgan fingerprint density at radius 3 is 2.05 bits per heavy atom. The predicted octanol–water partition coefficient (Wildman–Crippen LogP) is 3.52. The maximum absolute atomic E-state index is 9.45. The maximum Gasteiger partial charge on any atom is 0.159 e. The summed E-state index contributed by atoms with van der Waals surface area (Å²) in [6.45, 7) is 0. The molecule has 19 heavy (non-hydrogen) atoms. The van der Waals surface area contributed by atoms with Crippen molar-refractivity contribution in [2.45, 2.75) is 0 Å². The molecule has 0 spiro atoms. The number of aromatic nitrogens is 2. The molecule has 3 nitrogen and oxygen atoms in total. The highest BCUT2D eigenvalue weighted by atomic mass is 16.3. The molecule has 0 bridgehead atoms. The van der Waals surface area contributed by atoms with Crippen LogP contribution in [0.4, 0.5) is 0 Å². The normalized spacial score (nSPS) is 10.3. The van der Waals surface area contributed by atoms with Crippen molar-refractivity contribution in [1.82, 2.24) is 9.97 Å². The summed E-state index contributed by atoms with van der Waals surface area (Å²) < 4.78 is 0. The van der Waals surface area contributed by atoms with Gasteiger partial charge in [0.2, 0.25) is 0 Å². The van der Waals surface area contributed by atoms with Crippen molar-refractivity contribution in [3.05, 3.63) is 67.0 Å². The number of aromatic hydroxyl groups is 1. The minimum atomic E-state index is 0.216. The summed E-state index contributed by atoms with van der Waals surface area (Å²) in [5.41, 5.74) is 2.87. The third-order valence-electron chi connectivity index (χ3n) is 2.86. The fourth-order valence-electron chi connectivity index (χ4n) is 1.90. The minimum Gasteiger partial charge on any atom is -0.508 e. The van der Waals surface area contributed by atoms with Crippen molar-refractivity contribution in [2.75, 3.05) is 0 Å². The van der Waals surface area contributed by atoms with Gasteiger partial charge < -0.3 is 5.11 Å². The number of hydrogen-bond donors (Lipinski definition) is 1. The Labute approximate surface area is 111 Å². The van der Waals surface area contributed by atoms with Gasteiger partial charge in [0.25, 0.3) is 0 Å². The lowest BCUT2D eigenvalue weighted by Crippen LogP contribution is -1.89. The molecule has 1 aromatic heterocycles. The van der Waals surface area contributed by atoms with Crippen molar-refractivity contribution in [3.63, 3.8) is 0 Å². The van der Waals surface area contributed by atoms with Crippen LogP contribution in [0.5, 0.6) is 5.75 Å². The first kappa shape index (κ1) is 11.4. The lowest BCUT2D eigenvalue weighted by atomic mass is 10.1. The minimum absolute atomic E-state index is 0.216. The molecule has 0 fully saturated rings. The van der Waals surface area contributed by atoms with E-state index in [4.69, 9.17) is 0 Å². The second kappa shape index (κ2) is 4.90. The monoisotopic (exact) mass is 248 g/mol. The first-order chi connectivity index (χ1) is 9.33. The molecule has 1 N–H and O–H groups in total. The van der Waals surface area contributed by atoms with Gasteiger partial charge in [-0.15, -0.1) is 0 Å². The third kappa shape index (κ3) is 2.45. The van der Waals surface area contributed by atoms with Crippen molar-refractivity contribution < 1.29 is 5.11 Å². The average molecular weight is 248 g/mol. The standard InChI is InChI=1S/C16H12N2O/c19-15-8-4-7-13(9-15)16-17-10-14(11-18-16)12-5-2-1-3-6-12/h1-11,19H. The van der Waals surface area contributed by atoms with E-state index in [0.717, 1.165) is 16.7 Å². The summed E-state index contributed by atoms with van der Waals surface area (Å²) in [4.78, 5) is 8.69. The summed E-state index contributed by atoms with van der Waals surface area (Å²) >= 11 is 0. The van der Waals surface area contributed by atoms with Crippen molar-refractivity contribution in [2.24, 2.45) is 0 Å². The fourth-order valence-corrected chi connectivity index (χ4v) is 1.90. The van der Waals surface area contributed by atoms with E-state index in [9.17, 15) is 5.11 Å². The molecule has 3 heteroatoms. The number of benzene rings is 2. The zero-order valence-electron chi connectivity index (χ0n) is 10.2. The van der Waals surface area contributed by atoms with Gasteiger partial charge in [-0.3, -0.25) is 0 Å². The van der Waals surface area contributed by atoms with Crippen LogP contribution in [0.1, 0.15) is 0 Å². The molecule has 0 aliphatic heterocycles. The Kier molecular flexibility index (Phi) is 2.94. The van der Waals surface area contributed by atoms with Gasteiger partial charge in [0.15, 0.2) is 5.82 Å². The van der Waals surface area contributed by atoms with Gasteiger partial charge in [0.1, 0.15) is 5.75 Å². The van der Waals surface area contributed by atoms with Crippen LogP contribution in [0.3, 0.4) is 0 Å². The maximum atomic E-state index is 9.45. The number of phenolic OH excluding ortho intramolecular Hbond substituents is 1. The summed E-state index contributed by atoms with van der Waals surface area (Å²) in [7, 11) is 0. The molecule has 0 saturated heterocycles. The third-order valence-corrected chi connectivity index (χ3v) is 2.86. The number of rotatable bonds is 2. The summed E-state index contributed by atoms with van der Waals surface area (Å²) in [5, 5.41) is 9.45. The van der Waals surface area contributed by atoms with Gasteiger partial charge in [0, 0.05) is 23.5 Å². The van der Waals surface area contributed by atoms with Crippen LogP contribution in [-0.2, 0) is 0 Å². The second-order valence-corrected chi connectivity index (χ2v) is 4.21. The van der Waals surface area contributed by atoms with Gasteiger partial charge in [-0.2, -0.15) is 0 Å². The zero-order chi connectivity index (χ0) is 13.1. The molecular formula is C16H12N2O. The Morgan fingerprint density at radius 1 is 0.684 bits per heavy atom. The van der Waals surface area contributed by atoms with Gasteiger partial charge in [-0.25, -0.2) is 9.97 Å². The van der Waals surface area contributed by atoms with Crippen LogP contribution in [0, 0.1) is 0 Å². The summed E-state index contributed by atoms with van der Waals surface area (Å²) in [6, 6.07) is 16.9. The molecule has 3 aromatic rings. The van der Waals surface area contributed by atoms with Gasteiger partial charge >= 0.3 is 0 Å². The SMILES string of the molecule is Oc1cccc(-c2ncc(-c3ccccc3)cn2)c1. The highest BCUT2D eigenvalue weighted by molar-refractivity contribution is 5.64. The first-order valence-corrected chi connectivity index (χ1v) is 6.00. The van der Waals surface area contributed by atoms with Crippen molar-refractivity contribution in [1.29, 1.82) is 0 Å². The van der Waals surface area contributed by atoms with Crippen LogP contribution < -0.4 is 0 Å². The molecule has 0 aliphatic rings. The Hall–Kier alpha value is -2.68. The quantitative estimate of drug-likeness (QED) is 0.754. The topological polar surface area (TPSA) is 46.0 Å². The molecule has 0 amide bonds. The first-order valence-electron chi connectivity index (χ1n) is 6.00. The lowest BCUT2D eigenvalue weighted by molar-refractivity contribution is 0.475. The van der Waals surface area contributed by atoms with Crippen molar-refractivity contribution >= 4 is 0 Å². The highest BCUT2D eigenvalue weighted by Gasteiger charge is 2.03. The van der Waals surface area contributed by atoms with Crippen LogP contribution in [-0.4, -0.2) is 15.1 Å². The molecule has 0 saturated carbocycles. The highest BCUT2D eigenvalue weighted by Crippen LogP contribution is 2.22. The van der Waals surface area contributed by atoms with E-state index in [-0.39, 0.29) is 5.75 Å². The summed E-state index contributed by atoms with van der Waals surface area (Å²) in [5.74, 6) is 0.823. The second-order valence-electron chi connectivity index (χ2n) is 4.21. The predicted molar refractivity (Wildman–Crippen MR) is 74.6 cm³/mol. The van der Waals surface area contributed by atoms with Gasteiger partial charge in [-0.05, 0) is 17.7 Å². The molecule has 0 atom stereocenters. The molecule has 0 unspecified atom stereocenters. The van der Waals surface area contributed by atoms with Crippen LogP contribution in [0.15, 0.2) is 67.0 Å². The van der Waals surface area contributed by atoms with E-state index < -0.39 is 0 Å². The van der Waals surface area contributed by atoms with E-state index in [0.29, 0.717) is 5.82 Å². The van der Waals surface area contributed by atoms with E-state index in [1.807, 2.05) is 36.4 Å². The molecular weight excluding hydrogens is 236 g/mol. The van der Waals surface area contributed by atoms with Crippen LogP contribution in [0.25, 0.3) is 22.5 Å². The van der Waals surface area contributed by atoms with Crippen molar-refractivity contribution in [3.8, 4) is 28.3 Å². The Morgan fingerprint density at radius 2 is 1.37 bits per heavy atom. The molecule has 3 rings (SSSR count). The fraction of sp³-hybridized carbons (Fsp3) is 0. The molecule has 0 radical (unpaired) electrons. The smallest absolute Gasteiger partial charge is 0.159 e. The lowest BCUT2D eigenvalue weighted by Gasteiger charge is -2.03. The van der Waals surface area contributed by atoms with Crippen LogP contribution in [0.2, 0.25) is 0 Å². The average Bonchev–Trinajstić information content (AvgIpc) is 2.48. The van der Waals surface area contributed by atoms with E-state index >= 15 is 0 Å². The van der Waals surface area contributed by atoms with Gasteiger partial charge in [-0.1, -0.05) is 42.5 Å². The summed E-state index contributed by atoms with van der Waals surface area (Å²) in [6.07, 6.45) is 3.59. The molecule has 1 heterocycles. The van der Waals surface area contributed by atoms with E-state index in [1.54, 1.807) is 30.6 Å². The van der Waals surface area contributed by atoms with E-state index in [2.05, 4.69) is 9.97 Å². The number of hydrogen-bond acceptors (Lipinski definition) is 3. The van der Waals surface area contributed by atoms with Gasteiger partial charge in [0.05, 0.1) is 0 Å². The van der Waals surface area contributed by atoms with E-state index in [1.165, 1.54) is 0 Å². The molecule has 0 aliphatic carbocycles. The zero-order valence-corrected chi connectivity index (χ0v) is 10.2. The molecule has 92 valence electrons. The Bertz CT molecular complexity index is 679.